The zero-order valence-corrected chi connectivity index (χ0v) is 12.0. The lowest BCUT2D eigenvalue weighted by Crippen LogP contribution is -2.34. The van der Waals surface area contributed by atoms with Crippen molar-refractivity contribution in [3.63, 3.8) is 0 Å². The zero-order valence-electron chi connectivity index (χ0n) is 11.2. The number of thiazole rings is 1. The van der Waals surface area contributed by atoms with Crippen LogP contribution in [0.2, 0.25) is 0 Å². The molecule has 1 unspecified atom stereocenters. The average Bonchev–Trinajstić information content (AvgIpc) is 3.01. The van der Waals surface area contributed by atoms with E-state index in [1.54, 1.807) is 11.3 Å². The molecule has 1 aromatic carbocycles. The third kappa shape index (κ3) is 2.67. The van der Waals surface area contributed by atoms with Gasteiger partial charge in [0.2, 0.25) is 0 Å². The molecule has 3 N–H and O–H groups in total. The summed E-state index contributed by atoms with van der Waals surface area (Å²) in [6.07, 6.45) is 2.61. The molecule has 102 valence electrons. The van der Waals surface area contributed by atoms with Gasteiger partial charge < -0.3 is 11.1 Å². The molecule has 1 atom stereocenters. The lowest BCUT2D eigenvalue weighted by molar-refractivity contribution is 0.277. The maximum atomic E-state index is 5.79. The third-order valence-electron chi connectivity index (χ3n) is 3.81. The molecule has 1 aliphatic heterocycles. The fourth-order valence-electron chi connectivity index (χ4n) is 2.76. The number of rotatable bonds is 4. The maximum absolute atomic E-state index is 5.79. The Morgan fingerprint density at radius 1 is 1.53 bits per heavy atom. The second-order valence-electron chi connectivity index (χ2n) is 5.05. The largest absolute Gasteiger partial charge is 0.399 e. The molecule has 0 bridgehead atoms. The van der Waals surface area contributed by atoms with Crippen LogP contribution in [-0.2, 0) is 0 Å². The molecular formula is C14H20N4S. The fraction of sp³-hybridized carbons (Fsp3) is 0.500. The van der Waals surface area contributed by atoms with Crippen molar-refractivity contribution in [1.82, 2.24) is 9.88 Å². The Balaban J connectivity index is 1.68. The van der Waals surface area contributed by atoms with Gasteiger partial charge in [0.1, 0.15) is 0 Å². The number of aromatic nitrogens is 1. The van der Waals surface area contributed by atoms with Crippen molar-refractivity contribution in [3.8, 4) is 0 Å². The first-order valence-corrected chi connectivity index (χ1v) is 7.72. The Morgan fingerprint density at radius 3 is 3.26 bits per heavy atom. The van der Waals surface area contributed by atoms with E-state index in [0.717, 1.165) is 34.1 Å². The molecule has 0 spiro atoms. The van der Waals surface area contributed by atoms with E-state index in [2.05, 4.69) is 22.1 Å². The van der Waals surface area contributed by atoms with E-state index in [9.17, 15) is 0 Å². The molecule has 0 aliphatic carbocycles. The molecule has 4 nitrogen and oxygen atoms in total. The van der Waals surface area contributed by atoms with Gasteiger partial charge in [-0.25, -0.2) is 4.98 Å². The van der Waals surface area contributed by atoms with E-state index in [1.807, 2.05) is 18.2 Å². The van der Waals surface area contributed by atoms with E-state index in [1.165, 1.54) is 19.4 Å². The number of hydrogen-bond donors (Lipinski definition) is 2. The smallest absolute Gasteiger partial charge is 0.183 e. The van der Waals surface area contributed by atoms with Crippen LogP contribution in [0.4, 0.5) is 10.8 Å². The van der Waals surface area contributed by atoms with Crippen LogP contribution in [0.15, 0.2) is 18.2 Å². The summed E-state index contributed by atoms with van der Waals surface area (Å²) in [6, 6.07) is 6.54. The average molecular weight is 276 g/mol. The topological polar surface area (TPSA) is 54.2 Å². The monoisotopic (exact) mass is 276 g/mol. The van der Waals surface area contributed by atoms with Gasteiger partial charge >= 0.3 is 0 Å². The van der Waals surface area contributed by atoms with E-state index in [4.69, 9.17) is 5.73 Å². The molecule has 2 aromatic rings. The highest BCUT2D eigenvalue weighted by molar-refractivity contribution is 7.22. The van der Waals surface area contributed by atoms with Crippen LogP contribution in [0.1, 0.15) is 19.8 Å². The van der Waals surface area contributed by atoms with Crippen LogP contribution >= 0.6 is 11.3 Å². The quantitative estimate of drug-likeness (QED) is 0.843. The number of benzene rings is 1. The Morgan fingerprint density at radius 2 is 2.42 bits per heavy atom. The molecule has 1 aromatic heterocycles. The van der Waals surface area contributed by atoms with Crippen LogP contribution in [-0.4, -0.2) is 35.6 Å². The molecule has 2 heterocycles. The van der Waals surface area contributed by atoms with E-state index < -0.39 is 0 Å². The van der Waals surface area contributed by atoms with Gasteiger partial charge in [0.05, 0.1) is 10.2 Å². The first-order valence-electron chi connectivity index (χ1n) is 6.90. The van der Waals surface area contributed by atoms with Gasteiger partial charge in [0.25, 0.3) is 0 Å². The summed E-state index contributed by atoms with van der Waals surface area (Å²) in [5.74, 6) is 0. The molecule has 0 saturated carbocycles. The number of nitrogens with zero attached hydrogens (tertiary/aromatic N) is 2. The predicted octanol–water partition coefficient (Wildman–Crippen LogP) is 2.77. The summed E-state index contributed by atoms with van der Waals surface area (Å²) in [5.41, 5.74) is 7.62. The van der Waals surface area contributed by atoms with Crippen molar-refractivity contribution in [2.45, 2.75) is 25.8 Å². The third-order valence-corrected chi connectivity index (χ3v) is 4.78. The van der Waals surface area contributed by atoms with Gasteiger partial charge in [-0.15, -0.1) is 0 Å². The molecule has 0 radical (unpaired) electrons. The summed E-state index contributed by atoms with van der Waals surface area (Å²) in [7, 11) is 0. The molecule has 3 rings (SSSR count). The molecule has 1 saturated heterocycles. The van der Waals surface area contributed by atoms with Gasteiger partial charge in [-0.2, -0.15) is 0 Å². The Kier molecular flexibility index (Phi) is 3.57. The van der Waals surface area contributed by atoms with Crippen molar-refractivity contribution in [1.29, 1.82) is 0 Å². The highest BCUT2D eigenvalue weighted by Gasteiger charge is 2.22. The van der Waals surface area contributed by atoms with Crippen LogP contribution in [0, 0.1) is 0 Å². The molecule has 1 aliphatic rings. The van der Waals surface area contributed by atoms with Crippen LogP contribution < -0.4 is 11.1 Å². The van der Waals surface area contributed by atoms with Crippen molar-refractivity contribution in [2.75, 3.05) is 30.7 Å². The zero-order chi connectivity index (χ0) is 13.2. The minimum absolute atomic E-state index is 0.655. The van der Waals surface area contributed by atoms with Crippen LogP contribution in [0.5, 0.6) is 0 Å². The lowest BCUT2D eigenvalue weighted by atomic mass is 10.2. The summed E-state index contributed by atoms with van der Waals surface area (Å²) in [6.45, 7) is 5.60. The number of hydrogen-bond acceptors (Lipinski definition) is 5. The van der Waals surface area contributed by atoms with Gasteiger partial charge in [-0.05, 0) is 44.1 Å². The number of anilines is 2. The van der Waals surface area contributed by atoms with Gasteiger partial charge in [-0.3, -0.25) is 4.90 Å². The molecule has 0 amide bonds. The molecule has 5 heteroatoms. The van der Waals surface area contributed by atoms with Gasteiger partial charge in [0, 0.05) is 18.3 Å². The summed E-state index contributed by atoms with van der Waals surface area (Å²) in [4.78, 5) is 7.14. The standard InChI is InChI=1S/C14H20N4S/c1-2-18-7-3-4-11(18)9-16-14-17-12-6-5-10(15)8-13(12)19-14/h5-6,8,11H,2-4,7,9,15H2,1H3,(H,16,17). The lowest BCUT2D eigenvalue weighted by Gasteiger charge is -2.22. The summed E-state index contributed by atoms with van der Waals surface area (Å²) in [5, 5.41) is 4.49. The minimum Gasteiger partial charge on any atom is -0.399 e. The van der Waals surface area contributed by atoms with Crippen LogP contribution in [0.25, 0.3) is 10.2 Å². The van der Waals surface area contributed by atoms with Gasteiger partial charge in [-0.1, -0.05) is 18.3 Å². The number of nitrogens with one attached hydrogen (secondary N) is 1. The highest BCUT2D eigenvalue weighted by atomic mass is 32.1. The first-order chi connectivity index (χ1) is 9.26. The second-order valence-corrected chi connectivity index (χ2v) is 6.08. The van der Waals surface area contributed by atoms with Crippen molar-refractivity contribution in [3.05, 3.63) is 18.2 Å². The first kappa shape index (κ1) is 12.7. The fourth-order valence-corrected chi connectivity index (χ4v) is 3.69. The van der Waals surface area contributed by atoms with Crippen molar-refractivity contribution < 1.29 is 0 Å². The highest BCUT2D eigenvalue weighted by Crippen LogP contribution is 2.28. The second kappa shape index (κ2) is 5.35. The predicted molar refractivity (Wildman–Crippen MR) is 82.8 cm³/mol. The van der Waals surface area contributed by atoms with E-state index in [-0.39, 0.29) is 0 Å². The number of fused-ring (bicyclic) bond motifs is 1. The number of likely N-dealkylation sites (tertiary alicyclic amines) is 1. The molecule has 19 heavy (non-hydrogen) atoms. The maximum Gasteiger partial charge on any atom is 0.183 e. The molecule has 1 fully saturated rings. The van der Waals surface area contributed by atoms with E-state index >= 15 is 0 Å². The molecular weight excluding hydrogens is 256 g/mol. The Labute approximate surface area is 117 Å². The van der Waals surface area contributed by atoms with Crippen molar-refractivity contribution in [2.24, 2.45) is 0 Å². The minimum atomic E-state index is 0.655. The van der Waals surface area contributed by atoms with Gasteiger partial charge in [0.15, 0.2) is 5.13 Å². The SMILES string of the molecule is CCN1CCCC1CNc1nc2ccc(N)cc2s1. The van der Waals surface area contributed by atoms with Crippen molar-refractivity contribution >= 4 is 32.4 Å². The Bertz CT molecular complexity index is 566. The number of likely N-dealkylation sites (N-methyl/N-ethyl adjacent to an activating group) is 1. The van der Waals surface area contributed by atoms with Crippen LogP contribution in [0.3, 0.4) is 0 Å². The van der Waals surface area contributed by atoms with E-state index in [0.29, 0.717) is 6.04 Å². The summed E-state index contributed by atoms with van der Waals surface area (Å²) >= 11 is 1.68. The number of nitrogens with two attached hydrogens (primary N) is 1. The number of nitrogen functional groups attached to an aromatic ring is 1. The normalized spacial score (nSPS) is 20.2. The Hall–Kier alpha value is -1.33. The summed E-state index contributed by atoms with van der Waals surface area (Å²) < 4.78 is 1.15.